The quantitative estimate of drug-likeness (QED) is 0.355. The molecule has 0 atom stereocenters. The van der Waals surface area contributed by atoms with E-state index in [2.05, 4.69) is 10.8 Å². The summed E-state index contributed by atoms with van der Waals surface area (Å²) in [5.74, 6) is -1.19. The molecule has 0 aromatic rings. The monoisotopic (exact) mass is 232 g/mol. The van der Waals surface area contributed by atoms with Gasteiger partial charge in [-0.15, -0.1) is 0 Å². The zero-order valence-electron chi connectivity index (χ0n) is 8.56. The second kappa shape index (κ2) is 10.1. The van der Waals surface area contributed by atoms with Gasteiger partial charge in [0.05, 0.1) is 13.1 Å². The third-order valence-corrected chi connectivity index (χ3v) is 0.961. The summed E-state index contributed by atoms with van der Waals surface area (Å²) in [7, 11) is -3.60. The lowest BCUT2D eigenvalue weighted by atomic mass is 10.4. The summed E-state index contributed by atoms with van der Waals surface area (Å²) in [6.45, 7) is 4.48. The molecular weight excluding hydrogens is 216 g/mol. The van der Waals surface area contributed by atoms with Crippen LogP contribution in [-0.2, 0) is 19.4 Å². The summed E-state index contributed by atoms with van der Waals surface area (Å²) in [5, 5.41) is 9.49. The largest absolute Gasteiger partial charge is 0.726 e. The van der Waals surface area contributed by atoms with Crippen LogP contribution in [0.15, 0.2) is 12.2 Å². The number of rotatable bonds is 2. The molecule has 0 bridgehead atoms. The average Bonchev–Trinajstić information content (AvgIpc) is 1.87. The van der Waals surface area contributed by atoms with Crippen molar-refractivity contribution in [2.24, 2.45) is 0 Å². The van der Waals surface area contributed by atoms with E-state index in [4.69, 9.17) is 0 Å². The molecule has 0 heterocycles. The lowest BCUT2D eigenvalue weighted by Crippen LogP contribution is -2.22. The van der Waals surface area contributed by atoms with Crippen LogP contribution in [0.1, 0.15) is 6.92 Å². The minimum Gasteiger partial charge on any atom is -0.726 e. The summed E-state index contributed by atoms with van der Waals surface area (Å²) >= 11 is 0. The van der Waals surface area contributed by atoms with Gasteiger partial charge in [-0.05, 0) is 12.5 Å². The fourth-order valence-electron chi connectivity index (χ4n) is 0. The van der Waals surface area contributed by atoms with Crippen molar-refractivity contribution in [2.45, 2.75) is 6.92 Å². The Labute approximate surface area is 82.7 Å². The van der Waals surface area contributed by atoms with E-state index in [0.717, 1.165) is 7.11 Å². The Hall–Kier alpha value is -1.00. The second-order valence-electron chi connectivity index (χ2n) is 1.64. The Morgan fingerprint density at radius 3 is 1.50 bits per heavy atom. The molecule has 0 aromatic heterocycles. The molecule has 8 nitrogen and oxygen atoms in total. The van der Waals surface area contributed by atoms with Crippen molar-refractivity contribution < 1.29 is 27.1 Å². The second-order valence-corrected chi connectivity index (χ2v) is 2.79. The first kappa shape index (κ1) is 23.1. The van der Waals surface area contributed by atoms with Crippen LogP contribution in [-0.4, -0.2) is 26.0 Å². The number of aliphatic carboxylic acids is 1. The molecule has 0 spiro atoms. The molecule has 0 aliphatic carbocycles. The number of hydrogen-bond acceptors (Lipinski definition) is 6. The van der Waals surface area contributed by atoms with Gasteiger partial charge < -0.3 is 26.8 Å². The van der Waals surface area contributed by atoms with Crippen LogP contribution in [0.4, 0.5) is 0 Å². The number of quaternary nitrogens is 2. The fraction of sp³-hybridized carbons (Fsp3) is 0.400. The van der Waals surface area contributed by atoms with Gasteiger partial charge in [-0.1, -0.05) is 6.58 Å². The standard InChI is InChI=1S/C4H6O2.CH4O4S.2H3N/c1-3(2)4(5)6;1-5-6(2,3)4;;/h1H2,2H3,(H,5,6);1H3,(H,2,3,4);2*1H3. The maximum atomic E-state index is 9.49. The minimum atomic E-state index is -4.41. The van der Waals surface area contributed by atoms with Crippen LogP contribution in [0.2, 0.25) is 0 Å². The third kappa shape index (κ3) is 30.6. The van der Waals surface area contributed by atoms with Crippen molar-refractivity contribution in [3.05, 3.63) is 12.2 Å². The number of carbonyl (C=O) groups is 1. The van der Waals surface area contributed by atoms with Crippen LogP contribution in [0.5, 0.6) is 0 Å². The van der Waals surface area contributed by atoms with E-state index in [1.165, 1.54) is 6.92 Å². The molecule has 0 radical (unpaired) electrons. The van der Waals surface area contributed by atoms with E-state index in [1.54, 1.807) is 0 Å². The van der Waals surface area contributed by atoms with Gasteiger partial charge in [0, 0.05) is 0 Å². The summed E-state index contributed by atoms with van der Waals surface area (Å²) in [5.41, 5.74) is 0.0648. The zero-order chi connectivity index (χ0) is 10.4. The van der Waals surface area contributed by atoms with Crippen LogP contribution in [0.25, 0.3) is 0 Å². The van der Waals surface area contributed by atoms with Gasteiger partial charge >= 0.3 is 0 Å². The Morgan fingerprint density at radius 1 is 1.36 bits per heavy atom. The zero-order valence-corrected chi connectivity index (χ0v) is 9.38. The summed E-state index contributed by atoms with van der Waals surface area (Å²) in [6, 6.07) is 0. The predicted octanol–water partition coefficient (Wildman–Crippen LogP) is -0.842. The first-order chi connectivity index (χ1) is 5.20. The fourth-order valence-corrected chi connectivity index (χ4v) is 0. The summed E-state index contributed by atoms with van der Waals surface area (Å²) in [6.07, 6.45) is 0. The van der Waals surface area contributed by atoms with E-state index in [1.807, 2.05) is 0 Å². The van der Waals surface area contributed by atoms with Gasteiger partial charge in [0.2, 0.25) is 10.4 Å². The van der Waals surface area contributed by atoms with Gasteiger partial charge in [0.1, 0.15) is 0 Å². The Balaban J connectivity index is -0.0000000625. The highest BCUT2D eigenvalue weighted by Crippen LogP contribution is 1.77. The topological polar surface area (TPSA) is 180 Å². The number of carbonyl (C=O) groups excluding carboxylic acids is 1. The first-order valence-corrected chi connectivity index (χ1v) is 3.92. The molecule has 0 aromatic carbocycles. The maximum Gasteiger partial charge on any atom is 0.217 e. The third-order valence-electron chi connectivity index (χ3n) is 0.553. The highest BCUT2D eigenvalue weighted by molar-refractivity contribution is 7.80. The highest BCUT2D eigenvalue weighted by Gasteiger charge is 1.79. The number of carboxylic acid groups (broad SMARTS) is 1. The van der Waals surface area contributed by atoms with Crippen molar-refractivity contribution >= 4 is 16.4 Å². The van der Waals surface area contributed by atoms with Crippen LogP contribution < -0.4 is 17.4 Å². The van der Waals surface area contributed by atoms with Crippen molar-refractivity contribution in [1.29, 1.82) is 0 Å². The first-order valence-electron chi connectivity index (χ1n) is 2.59. The minimum absolute atomic E-state index is 0. The molecule has 9 heteroatoms. The molecule has 0 unspecified atom stereocenters. The number of carboxylic acids is 1. The normalized spacial score (nSPS) is 8.21. The van der Waals surface area contributed by atoms with Crippen molar-refractivity contribution in [3.8, 4) is 0 Å². The van der Waals surface area contributed by atoms with Crippen molar-refractivity contribution in [1.82, 2.24) is 12.3 Å². The molecule has 0 fully saturated rings. The molecule has 88 valence electrons. The smallest absolute Gasteiger partial charge is 0.217 e. The molecule has 0 amide bonds. The predicted molar refractivity (Wildman–Crippen MR) is 48.5 cm³/mol. The number of hydrogen-bond donors (Lipinski definition) is 2. The molecule has 0 saturated heterocycles. The maximum absolute atomic E-state index is 9.49. The Bertz CT molecular complexity index is 247. The van der Waals surface area contributed by atoms with E-state index in [-0.39, 0.29) is 17.9 Å². The van der Waals surface area contributed by atoms with E-state index >= 15 is 0 Å². The van der Waals surface area contributed by atoms with Gasteiger partial charge in [-0.3, -0.25) is 4.18 Å². The summed E-state index contributed by atoms with van der Waals surface area (Å²) < 4.78 is 31.0. The average molecular weight is 232 g/mol. The molecular formula is C5H16N2O6S. The summed E-state index contributed by atoms with van der Waals surface area (Å²) in [4.78, 5) is 9.49. The van der Waals surface area contributed by atoms with Crippen LogP contribution in [0, 0.1) is 0 Å². The van der Waals surface area contributed by atoms with Gasteiger partial charge in [0.25, 0.3) is 0 Å². The lowest BCUT2D eigenvalue weighted by molar-refractivity contribution is -0.299. The molecule has 0 rings (SSSR count). The van der Waals surface area contributed by atoms with Gasteiger partial charge in [-0.25, -0.2) is 8.42 Å². The van der Waals surface area contributed by atoms with Crippen LogP contribution in [0.3, 0.4) is 0 Å². The highest BCUT2D eigenvalue weighted by atomic mass is 32.3. The van der Waals surface area contributed by atoms with E-state index in [0.29, 0.717) is 0 Å². The Kier molecular flexibility index (Phi) is 16.6. The lowest BCUT2D eigenvalue weighted by Gasteiger charge is -1.98. The Morgan fingerprint density at radius 2 is 1.50 bits per heavy atom. The van der Waals surface area contributed by atoms with Gasteiger partial charge in [-0.2, -0.15) is 0 Å². The van der Waals surface area contributed by atoms with E-state index in [9.17, 15) is 22.9 Å². The van der Waals surface area contributed by atoms with Crippen molar-refractivity contribution in [2.75, 3.05) is 7.11 Å². The van der Waals surface area contributed by atoms with Gasteiger partial charge in [0.15, 0.2) is 0 Å². The molecule has 8 N–H and O–H groups in total. The van der Waals surface area contributed by atoms with E-state index < -0.39 is 16.4 Å². The molecule has 0 aliphatic heterocycles. The SMILES string of the molecule is C=C(C)C(=O)[O-].COS(=O)(=O)[O-].[NH4+].[NH4+]. The molecule has 0 saturated carbocycles. The molecule has 0 aliphatic rings. The molecule has 14 heavy (non-hydrogen) atoms. The van der Waals surface area contributed by atoms with Crippen molar-refractivity contribution in [3.63, 3.8) is 0 Å². The van der Waals surface area contributed by atoms with Crippen LogP contribution >= 0.6 is 0 Å².